The van der Waals surface area contributed by atoms with Crippen LogP contribution in [0.5, 0.6) is 0 Å². The molecule has 2 fully saturated rings. The summed E-state index contributed by atoms with van der Waals surface area (Å²) >= 11 is 0. The molecule has 86 valence electrons. The van der Waals surface area contributed by atoms with Crippen molar-refractivity contribution in [2.24, 2.45) is 11.8 Å². The number of nitrogens with one attached hydrogen (secondary N) is 1. The van der Waals surface area contributed by atoms with Crippen molar-refractivity contribution in [3.8, 4) is 0 Å². The summed E-state index contributed by atoms with van der Waals surface area (Å²) in [6, 6.07) is 7.48. The molecule has 1 aromatic rings. The highest BCUT2D eigenvalue weighted by molar-refractivity contribution is 5.52. The Hall–Kier alpha value is -0.980. The maximum absolute atomic E-state index is 3.77. The Bertz CT molecular complexity index is 396. The molecule has 2 saturated carbocycles. The van der Waals surface area contributed by atoms with Crippen LogP contribution in [0.1, 0.15) is 36.8 Å². The Morgan fingerprint density at radius 1 is 1.12 bits per heavy atom. The standard InChI is InChI=1S/C15H21N/c1-10-3-6-14(11(2)7-10)16-15-9-12-4-5-13(15)8-12/h3,6-7,12-13,15-16H,4-5,8-9H2,1-2H3. The monoisotopic (exact) mass is 215 g/mol. The molecule has 1 nitrogen and oxygen atoms in total. The summed E-state index contributed by atoms with van der Waals surface area (Å²) in [7, 11) is 0. The lowest BCUT2D eigenvalue weighted by atomic mass is 9.95. The second kappa shape index (κ2) is 3.80. The molecule has 16 heavy (non-hydrogen) atoms. The van der Waals surface area contributed by atoms with Crippen molar-refractivity contribution in [3.05, 3.63) is 29.3 Å². The Labute approximate surface area is 98.3 Å². The Kier molecular flexibility index (Phi) is 2.42. The van der Waals surface area contributed by atoms with Gasteiger partial charge in [-0.25, -0.2) is 0 Å². The molecule has 3 unspecified atom stereocenters. The van der Waals surface area contributed by atoms with Crippen LogP contribution in [0, 0.1) is 25.7 Å². The number of hydrogen-bond acceptors (Lipinski definition) is 1. The van der Waals surface area contributed by atoms with E-state index in [4.69, 9.17) is 0 Å². The van der Waals surface area contributed by atoms with E-state index < -0.39 is 0 Å². The van der Waals surface area contributed by atoms with E-state index in [1.807, 2.05) is 0 Å². The number of anilines is 1. The van der Waals surface area contributed by atoms with Gasteiger partial charge in [-0.1, -0.05) is 24.1 Å². The Balaban J connectivity index is 1.74. The Morgan fingerprint density at radius 3 is 2.62 bits per heavy atom. The maximum atomic E-state index is 3.77. The molecule has 2 aliphatic carbocycles. The largest absolute Gasteiger partial charge is 0.382 e. The van der Waals surface area contributed by atoms with Gasteiger partial charge in [-0.15, -0.1) is 0 Å². The Morgan fingerprint density at radius 2 is 2.00 bits per heavy atom. The molecule has 0 saturated heterocycles. The second-order valence-electron chi connectivity index (χ2n) is 5.74. The number of rotatable bonds is 2. The molecule has 0 amide bonds. The molecular formula is C15H21N. The minimum atomic E-state index is 0.750. The smallest absolute Gasteiger partial charge is 0.0372 e. The van der Waals surface area contributed by atoms with Gasteiger partial charge in [-0.3, -0.25) is 0 Å². The number of fused-ring (bicyclic) bond motifs is 2. The zero-order valence-corrected chi connectivity index (χ0v) is 10.3. The predicted octanol–water partition coefficient (Wildman–Crippen LogP) is 3.90. The summed E-state index contributed by atoms with van der Waals surface area (Å²) in [5, 5.41) is 3.77. The van der Waals surface area contributed by atoms with E-state index in [0.29, 0.717) is 0 Å². The van der Waals surface area contributed by atoms with Gasteiger partial charge in [0.2, 0.25) is 0 Å². The number of benzene rings is 1. The molecule has 0 spiro atoms. The third-order valence-corrected chi connectivity index (χ3v) is 4.46. The van der Waals surface area contributed by atoms with Gasteiger partial charge in [0.25, 0.3) is 0 Å². The molecule has 0 aromatic heterocycles. The van der Waals surface area contributed by atoms with Gasteiger partial charge < -0.3 is 5.32 Å². The lowest BCUT2D eigenvalue weighted by Gasteiger charge is -2.25. The van der Waals surface area contributed by atoms with Crippen molar-refractivity contribution in [2.45, 2.75) is 45.6 Å². The highest BCUT2D eigenvalue weighted by Crippen LogP contribution is 2.45. The molecule has 0 aliphatic heterocycles. The van der Waals surface area contributed by atoms with Crippen molar-refractivity contribution in [2.75, 3.05) is 5.32 Å². The SMILES string of the molecule is Cc1ccc(NC2CC3CCC2C3)c(C)c1. The lowest BCUT2D eigenvalue weighted by Crippen LogP contribution is -2.26. The second-order valence-corrected chi connectivity index (χ2v) is 5.74. The van der Waals surface area contributed by atoms with Crippen molar-refractivity contribution in [3.63, 3.8) is 0 Å². The van der Waals surface area contributed by atoms with Gasteiger partial charge in [0.15, 0.2) is 0 Å². The van der Waals surface area contributed by atoms with Crippen LogP contribution in [0.2, 0.25) is 0 Å². The van der Waals surface area contributed by atoms with Gasteiger partial charge in [0.1, 0.15) is 0 Å². The van der Waals surface area contributed by atoms with Crippen molar-refractivity contribution in [1.29, 1.82) is 0 Å². The average molecular weight is 215 g/mol. The first-order valence-electron chi connectivity index (χ1n) is 6.56. The summed E-state index contributed by atoms with van der Waals surface area (Å²) in [5.74, 6) is 1.97. The van der Waals surface area contributed by atoms with Crippen LogP contribution in [0.4, 0.5) is 5.69 Å². The van der Waals surface area contributed by atoms with Gasteiger partial charge >= 0.3 is 0 Å². The maximum Gasteiger partial charge on any atom is 0.0372 e. The zero-order valence-electron chi connectivity index (χ0n) is 10.3. The molecule has 2 bridgehead atoms. The van der Waals surface area contributed by atoms with Crippen LogP contribution in [0.15, 0.2) is 18.2 Å². The normalized spacial score (nSPS) is 32.0. The summed E-state index contributed by atoms with van der Waals surface area (Å²) in [6.07, 6.45) is 5.81. The van der Waals surface area contributed by atoms with E-state index in [9.17, 15) is 0 Å². The van der Waals surface area contributed by atoms with E-state index in [1.165, 1.54) is 42.5 Å². The molecular weight excluding hydrogens is 194 g/mol. The molecule has 1 heteroatoms. The minimum absolute atomic E-state index is 0.750. The fourth-order valence-electron chi connectivity index (χ4n) is 3.60. The van der Waals surface area contributed by atoms with Gasteiger partial charge in [-0.05, 0) is 56.6 Å². The summed E-state index contributed by atoms with van der Waals surface area (Å²) in [6.45, 7) is 4.37. The van der Waals surface area contributed by atoms with Crippen LogP contribution < -0.4 is 5.32 Å². The first-order chi connectivity index (χ1) is 7.72. The first kappa shape index (κ1) is 10.2. The van der Waals surface area contributed by atoms with Crippen molar-refractivity contribution in [1.82, 2.24) is 0 Å². The first-order valence-corrected chi connectivity index (χ1v) is 6.56. The molecule has 0 radical (unpaired) electrons. The molecule has 0 heterocycles. The highest BCUT2D eigenvalue weighted by atomic mass is 14.9. The van der Waals surface area contributed by atoms with Crippen LogP contribution in [0.3, 0.4) is 0 Å². The van der Waals surface area contributed by atoms with Crippen LogP contribution in [-0.4, -0.2) is 6.04 Å². The molecule has 2 aliphatic rings. The fourth-order valence-corrected chi connectivity index (χ4v) is 3.60. The fraction of sp³-hybridized carbons (Fsp3) is 0.600. The van der Waals surface area contributed by atoms with E-state index in [1.54, 1.807) is 0 Å². The molecule has 3 rings (SSSR count). The molecule has 3 atom stereocenters. The topological polar surface area (TPSA) is 12.0 Å². The van der Waals surface area contributed by atoms with Crippen molar-refractivity contribution >= 4 is 5.69 Å². The predicted molar refractivity (Wildman–Crippen MR) is 68.8 cm³/mol. The van der Waals surface area contributed by atoms with E-state index in [2.05, 4.69) is 37.4 Å². The van der Waals surface area contributed by atoms with Crippen LogP contribution >= 0.6 is 0 Å². The van der Waals surface area contributed by atoms with E-state index in [-0.39, 0.29) is 0 Å². The summed E-state index contributed by atoms with van der Waals surface area (Å²) < 4.78 is 0. The minimum Gasteiger partial charge on any atom is -0.382 e. The third-order valence-electron chi connectivity index (χ3n) is 4.46. The van der Waals surface area contributed by atoms with Crippen LogP contribution in [0.25, 0.3) is 0 Å². The van der Waals surface area contributed by atoms with Gasteiger partial charge in [0.05, 0.1) is 0 Å². The molecule has 1 N–H and O–H groups in total. The quantitative estimate of drug-likeness (QED) is 0.789. The van der Waals surface area contributed by atoms with Gasteiger partial charge in [-0.2, -0.15) is 0 Å². The zero-order chi connectivity index (χ0) is 11.1. The van der Waals surface area contributed by atoms with Crippen LogP contribution in [-0.2, 0) is 0 Å². The number of hydrogen-bond donors (Lipinski definition) is 1. The third kappa shape index (κ3) is 1.73. The summed E-state index contributed by atoms with van der Waals surface area (Å²) in [4.78, 5) is 0. The average Bonchev–Trinajstić information content (AvgIpc) is 2.84. The lowest BCUT2D eigenvalue weighted by molar-refractivity contribution is 0.439. The highest BCUT2D eigenvalue weighted by Gasteiger charge is 2.39. The van der Waals surface area contributed by atoms with Crippen molar-refractivity contribution < 1.29 is 0 Å². The molecule has 1 aromatic carbocycles. The summed E-state index contributed by atoms with van der Waals surface area (Å²) in [5.41, 5.74) is 4.10. The van der Waals surface area contributed by atoms with E-state index in [0.717, 1.165) is 17.9 Å². The van der Waals surface area contributed by atoms with E-state index >= 15 is 0 Å². The van der Waals surface area contributed by atoms with Gasteiger partial charge in [0, 0.05) is 11.7 Å². The number of aryl methyl sites for hydroxylation is 2.